The van der Waals surface area contributed by atoms with E-state index in [9.17, 15) is 5.11 Å². The maximum Gasteiger partial charge on any atom is 0.210 e. The number of aryl methyl sites for hydroxylation is 1. The first-order chi connectivity index (χ1) is 7.04. The normalized spacial score (nSPS) is 14.0. The van der Waals surface area contributed by atoms with Gasteiger partial charge in [0.25, 0.3) is 0 Å². The van der Waals surface area contributed by atoms with Gasteiger partial charge in [-0.3, -0.25) is 0 Å². The monoisotopic (exact) mass is 205 g/mol. The summed E-state index contributed by atoms with van der Waals surface area (Å²) in [5.74, 6) is 0.672. The number of hydrogen-bond donors (Lipinski definition) is 1. The SMILES string of the molecule is CCC(C)/C=C(/C)c1ccc(O)nc1C. The Kier molecular flexibility index (Phi) is 3.89. The van der Waals surface area contributed by atoms with E-state index in [4.69, 9.17) is 0 Å². The van der Waals surface area contributed by atoms with Crippen molar-refractivity contribution in [3.05, 3.63) is 29.5 Å². The van der Waals surface area contributed by atoms with Crippen molar-refractivity contribution in [3.63, 3.8) is 0 Å². The van der Waals surface area contributed by atoms with E-state index in [1.807, 2.05) is 13.0 Å². The number of allylic oxidation sites excluding steroid dienone is 2. The van der Waals surface area contributed by atoms with Crippen LogP contribution in [0.4, 0.5) is 0 Å². The summed E-state index contributed by atoms with van der Waals surface area (Å²) in [5.41, 5.74) is 3.23. The van der Waals surface area contributed by atoms with Crippen molar-refractivity contribution >= 4 is 5.57 Å². The van der Waals surface area contributed by atoms with Gasteiger partial charge in [-0.2, -0.15) is 0 Å². The minimum atomic E-state index is 0.0904. The Hall–Kier alpha value is -1.31. The molecule has 0 amide bonds. The van der Waals surface area contributed by atoms with Gasteiger partial charge >= 0.3 is 0 Å². The smallest absolute Gasteiger partial charge is 0.210 e. The molecule has 0 radical (unpaired) electrons. The highest BCUT2D eigenvalue weighted by atomic mass is 16.3. The lowest BCUT2D eigenvalue weighted by Gasteiger charge is -2.08. The molecule has 82 valence electrons. The standard InChI is InChI=1S/C13H19NO/c1-5-9(2)8-10(3)12-6-7-13(15)14-11(12)4/h6-9H,5H2,1-4H3,(H,14,15)/b10-8-. The third-order valence-electron chi connectivity index (χ3n) is 2.67. The highest BCUT2D eigenvalue weighted by Gasteiger charge is 2.04. The number of rotatable bonds is 3. The number of hydrogen-bond acceptors (Lipinski definition) is 2. The van der Waals surface area contributed by atoms with E-state index in [0.717, 1.165) is 17.7 Å². The summed E-state index contributed by atoms with van der Waals surface area (Å²) in [6, 6.07) is 3.56. The summed E-state index contributed by atoms with van der Waals surface area (Å²) < 4.78 is 0. The van der Waals surface area contributed by atoms with E-state index < -0.39 is 0 Å². The van der Waals surface area contributed by atoms with Gasteiger partial charge in [0, 0.05) is 11.8 Å². The van der Waals surface area contributed by atoms with Gasteiger partial charge in [-0.25, -0.2) is 4.98 Å². The van der Waals surface area contributed by atoms with Gasteiger partial charge in [0.15, 0.2) is 0 Å². The minimum absolute atomic E-state index is 0.0904. The molecule has 1 aromatic heterocycles. The van der Waals surface area contributed by atoms with Gasteiger partial charge in [-0.05, 0) is 37.0 Å². The Morgan fingerprint density at radius 3 is 2.73 bits per heavy atom. The van der Waals surface area contributed by atoms with Gasteiger partial charge < -0.3 is 5.11 Å². The summed E-state index contributed by atoms with van der Waals surface area (Å²) in [7, 11) is 0. The van der Waals surface area contributed by atoms with Gasteiger partial charge in [0.05, 0.1) is 0 Å². The average molecular weight is 205 g/mol. The molecule has 1 N–H and O–H groups in total. The lowest BCUT2D eigenvalue weighted by Crippen LogP contribution is -1.93. The first-order valence-corrected chi connectivity index (χ1v) is 5.40. The molecule has 1 unspecified atom stereocenters. The van der Waals surface area contributed by atoms with Crippen LogP contribution in [0.1, 0.15) is 38.4 Å². The van der Waals surface area contributed by atoms with Crippen molar-refractivity contribution in [2.24, 2.45) is 5.92 Å². The number of nitrogens with zero attached hydrogens (tertiary/aromatic N) is 1. The predicted octanol–water partition coefficient (Wildman–Crippen LogP) is 3.55. The second kappa shape index (κ2) is 4.96. The van der Waals surface area contributed by atoms with Crippen molar-refractivity contribution < 1.29 is 5.11 Å². The van der Waals surface area contributed by atoms with Crippen LogP contribution in [0.15, 0.2) is 18.2 Å². The van der Waals surface area contributed by atoms with Crippen molar-refractivity contribution in [2.75, 3.05) is 0 Å². The summed E-state index contributed by atoms with van der Waals surface area (Å²) >= 11 is 0. The Morgan fingerprint density at radius 1 is 1.53 bits per heavy atom. The Labute approximate surface area is 91.7 Å². The second-order valence-corrected chi connectivity index (χ2v) is 4.04. The van der Waals surface area contributed by atoms with Gasteiger partial charge in [-0.15, -0.1) is 0 Å². The average Bonchev–Trinajstić information content (AvgIpc) is 2.17. The molecule has 0 saturated carbocycles. The van der Waals surface area contributed by atoms with E-state index in [-0.39, 0.29) is 5.88 Å². The molecule has 1 heterocycles. The molecule has 2 nitrogen and oxygen atoms in total. The van der Waals surface area contributed by atoms with Crippen molar-refractivity contribution in [2.45, 2.75) is 34.1 Å². The number of aromatic hydroxyl groups is 1. The van der Waals surface area contributed by atoms with Crippen LogP contribution < -0.4 is 0 Å². The topological polar surface area (TPSA) is 33.1 Å². The minimum Gasteiger partial charge on any atom is -0.493 e. The molecule has 1 rings (SSSR count). The van der Waals surface area contributed by atoms with Crippen LogP contribution in [0.5, 0.6) is 5.88 Å². The van der Waals surface area contributed by atoms with Crippen LogP contribution in [0.2, 0.25) is 0 Å². The van der Waals surface area contributed by atoms with Crippen LogP contribution in [0.3, 0.4) is 0 Å². The van der Waals surface area contributed by atoms with E-state index in [1.165, 1.54) is 5.57 Å². The summed E-state index contributed by atoms with van der Waals surface area (Å²) in [5, 5.41) is 9.22. The van der Waals surface area contributed by atoms with Crippen LogP contribution in [-0.4, -0.2) is 10.1 Å². The number of pyridine rings is 1. The molecule has 2 heteroatoms. The molecular formula is C13H19NO. The quantitative estimate of drug-likeness (QED) is 0.818. The van der Waals surface area contributed by atoms with Crippen molar-refractivity contribution in [1.82, 2.24) is 4.98 Å². The molecule has 0 bridgehead atoms. The summed E-state index contributed by atoms with van der Waals surface area (Å²) in [4.78, 5) is 4.04. The lowest BCUT2D eigenvalue weighted by molar-refractivity contribution is 0.452. The first-order valence-electron chi connectivity index (χ1n) is 5.40. The molecule has 0 fully saturated rings. The van der Waals surface area contributed by atoms with E-state index in [1.54, 1.807) is 6.07 Å². The van der Waals surface area contributed by atoms with Crippen molar-refractivity contribution in [3.8, 4) is 5.88 Å². The summed E-state index contributed by atoms with van der Waals surface area (Å²) in [6.07, 6.45) is 3.39. The zero-order valence-corrected chi connectivity index (χ0v) is 9.91. The van der Waals surface area contributed by atoms with Crippen molar-refractivity contribution in [1.29, 1.82) is 0 Å². The molecule has 15 heavy (non-hydrogen) atoms. The fourth-order valence-electron chi connectivity index (χ4n) is 1.60. The van der Waals surface area contributed by atoms with E-state index in [2.05, 4.69) is 31.8 Å². The Bertz CT molecular complexity index is 369. The highest BCUT2D eigenvalue weighted by molar-refractivity contribution is 5.65. The lowest BCUT2D eigenvalue weighted by atomic mass is 10.00. The molecule has 0 aromatic carbocycles. The summed E-state index contributed by atoms with van der Waals surface area (Å²) in [6.45, 7) is 8.39. The second-order valence-electron chi connectivity index (χ2n) is 4.04. The van der Waals surface area contributed by atoms with Gasteiger partial charge in [0.2, 0.25) is 5.88 Å². The highest BCUT2D eigenvalue weighted by Crippen LogP contribution is 2.21. The molecule has 0 aliphatic heterocycles. The third-order valence-corrected chi connectivity index (χ3v) is 2.67. The maximum atomic E-state index is 9.22. The molecule has 1 aromatic rings. The van der Waals surface area contributed by atoms with E-state index in [0.29, 0.717) is 5.92 Å². The largest absolute Gasteiger partial charge is 0.493 e. The molecule has 0 spiro atoms. The zero-order chi connectivity index (χ0) is 11.4. The predicted molar refractivity (Wildman–Crippen MR) is 63.7 cm³/mol. The molecule has 0 saturated heterocycles. The molecule has 0 aliphatic carbocycles. The van der Waals surface area contributed by atoms with Crippen LogP contribution in [0, 0.1) is 12.8 Å². The first kappa shape index (κ1) is 11.8. The fraction of sp³-hybridized carbons (Fsp3) is 0.462. The maximum absolute atomic E-state index is 9.22. The third kappa shape index (κ3) is 3.08. The van der Waals surface area contributed by atoms with Gasteiger partial charge in [0.1, 0.15) is 0 Å². The number of aromatic nitrogens is 1. The fourth-order valence-corrected chi connectivity index (χ4v) is 1.60. The van der Waals surface area contributed by atoms with Crippen LogP contribution in [-0.2, 0) is 0 Å². The molecule has 1 atom stereocenters. The van der Waals surface area contributed by atoms with Crippen LogP contribution >= 0.6 is 0 Å². The Balaban J connectivity index is 3.01. The van der Waals surface area contributed by atoms with E-state index >= 15 is 0 Å². The zero-order valence-electron chi connectivity index (χ0n) is 9.91. The Morgan fingerprint density at radius 2 is 2.20 bits per heavy atom. The molecule has 0 aliphatic rings. The molecular weight excluding hydrogens is 186 g/mol. The van der Waals surface area contributed by atoms with Gasteiger partial charge in [-0.1, -0.05) is 26.3 Å². The van der Waals surface area contributed by atoms with Crippen LogP contribution in [0.25, 0.3) is 5.57 Å².